The largest absolute Gasteiger partial charge is 0.399 e. The van der Waals surface area contributed by atoms with Crippen LogP contribution in [0.3, 0.4) is 0 Å². The van der Waals surface area contributed by atoms with Crippen molar-refractivity contribution in [1.29, 1.82) is 15.8 Å². The fourth-order valence-corrected chi connectivity index (χ4v) is 4.13. The van der Waals surface area contributed by atoms with Gasteiger partial charge in [0, 0.05) is 17.5 Å². The Morgan fingerprint density at radius 2 is 1.92 bits per heavy atom. The molecule has 0 aromatic heterocycles. The summed E-state index contributed by atoms with van der Waals surface area (Å²) in [5, 5.41) is 40.9. The summed E-state index contributed by atoms with van der Waals surface area (Å²) < 4.78 is 0. The average Bonchev–Trinajstić information content (AvgIpc) is 2.67. The highest BCUT2D eigenvalue weighted by Crippen LogP contribution is 2.56. The minimum absolute atomic E-state index is 0.113. The van der Waals surface area contributed by atoms with E-state index in [1.807, 2.05) is 24.3 Å². The third-order valence-electron chi connectivity index (χ3n) is 5.27. The Hall–Kier alpha value is -3.63. The number of nitrogens with two attached hydrogens (primary N) is 1. The number of benzene rings is 1. The summed E-state index contributed by atoms with van der Waals surface area (Å²) in [4.78, 5) is 11.0. The zero-order valence-corrected chi connectivity index (χ0v) is 13.8. The number of nitro groups is 1. The maximum Gasteiger partial charge on any atom is 0.272 e. The van der Waals surface area contributed by atoms with Crippen molar-refractivity contribution in [3.8, 4) is 18.2 Å². The number of fused-ring (bicyclic) bond motifs is 1. The van der Waals surface area contributed by atoms with Crippen molar-refractivity contribution in [3.63, 3.8) is 0 Å². The molecular weight excluding hydrogens is 330 g/mol. The summed E-state index contributed by atoms with van der Waals surface area (Å²) in [6.45, 7) is 0. The molecule has 1 aromatic rings. The smallest absolute Gasteiger partial charge is 0.272 e. The second kappa shape index (κ2) is 6.35. The number of nitro benzene ring substituents is 1. The van der Waals surface area contributed by atoms with Crippen molar-refractivity contribution in [2.24, 2.45) is 17.1 Å². The highest BCUT2D eigenvalue weighted by atomic mass is 16.6. The van der Waals surface area contributed by atoms with E-state index < -0.39 is 16.3 Å². The van der Waals surface area contributed by atoms with E-state index in [0.29, 0.717) is 17.6 Å². The minimum Gasteiger partial charge on any atom is -0.399 e. The molecule has 7 nitrogen and oxygen atoms in total. The van der Waals surface area contributed by atoms with Crippen LogP contribution in [-0.2, 0) is 0 Å². The van der Waals surface area contributed by atoms with Crippen LogP contribution in [0.2, 0.25) is 0 Å². The summed E-state index contributed by atoms with van der Waals surface area (Å²) in [5.74, 6) is -1.14. The van der Waals surface area contributed by atoms with Gasteiger partial charge in [-0.2, -0.15) is 15.8 Å². The molecule has 128 valence electrons. The molecule has 0 heterocycles. The molecule has 2 aliphatic carbocycles. The molecule has 0 bridgehead atoms. The monoisotopic (exact) mass is 345 g/mol. The van der Waals surface area contributed by atoms with Gasteiger partial charge in [-0.25, -0.2) is 0 Å². The average molecular weight is 345 g/mol. The maximum atomic E-state index is 11.5. The number of nitriles is 3. The maximum absolute atomic E-state index is 11.5. The molecular formula is C19H15N5O2. The van der Waals surface area contributed by atoms with Gasteiger partial charge in [0.2, 0.25) is 0 Å². The van der Waals surface area contributed by atoms with E-state index in [0.717, 1.165) is 12.8 Å². The van der Waals surface area contributed by atoms with Gasteiger partial charge in [0.1, 0.15) is 6.07 Å². The van der Waals surface area contributed by atoms with E-state index >= 15 is 0 Å². The number of para-hydroxylation sites is 1. The molecule has 0 unspecified atom stereocenters. The lowest BCUT2D eigenvalue weighted by molar-refractivity contribution is -0.385. The van der Waals surface area contributed by atoms with Crippen LogP contribution in [0.15, 0.2) is 47.2 Å². The van der Waals surface area contributed by atoms with Crippen molar-refractivity contribution in [3.05, 3.63) is 62.9 Å². The lowest BCUT2D eigenvalue weighted by Crippen LogP contribution is -2.42. The van der Waals surface area contributed by atoms with Gasteiger partial charge in [0.15, 0.2) is 5.41 Å². The molecule has 1 aromatic carbocycles. The summed E-state index contributed by atoms with van der Waals surface area (Å²) >= 11 is 0. The first-order valence-corrected chi connectivity index (χ1v) is 8.18. The molecule has 26 heavy (non-hydrogen) atoms. The fourth-order valence-electron chi connectivity index (χ4n) is 4.13. The van der Waals surface area contributed by atoms with Crippen LogP contribution in [0.5, 0.6) is 0 Å². The van der Waals surface area contributed by atoms with Crippen LogP contribution in [-0.4, -0.2) is 4.92 Å². The zero-order chi connectivity index (χ0) is 18.9. The van der Waals surface area contributed by atoms with Gasteiger partial charge >= 0.3 is 0 Å². The van der Waals surface area contributed by atoms with Crippen LogP contribution in [0.1, 0.15) is 30.7 Å². The van der Waals surface area contributed by atoms with Crippen molar-refractivity contribution >= 4 is 5.69 Å². The molecule has 2 aliphatic rings. The second-order valence-electron chi connectivity index (χ2n) is 6.42. The van der Waals surface area contributed by atoms with E-state index in [1.165, 1.54) is 6.07 Å². The first kappa shape index (κ1) is 17.2. The van der Waals surface area contributed by atoms with Crippen LogP contribution in [0, 0.1) is 55.4 Å². The van der Waals surface area contributed by atoms with Crippen molar-refractivity contribution in [1.82, 2.24) is 0 Å². The van der Waals surface area contributed by atoms with Crippen LogP contribution >= 0.6 is 0 Å². The van der Waals surface area contributed by atoms with Crippen LogP contribution in [0.4, 0.5) is 5.69 Å². The van der Waals surface area contributed by atoms with E-state index in [9.17, 15) is 25.9 Å². The lowest BCUT2D eigenvalue weighted by Gasteiger charge is -2.43. The Morgan fingerprint density at radius 3 is 2.54 bits per heavy atom. The van der Waals surface area contributed by atoms with Crippen molar-refractivity contribution in [2.45, 2.75) is 25.2 Å². The summed E-state index contributed by atoms with van der Waals surface area (Å²) in [6, 6.07) is 12.1. The van der Waals surface area contributed by atoms with Crippen LogP contribution in [0.25, 0.3) is 0 Å². The molecule has 0 amide bonds. The summed E-state index contributed by atoms with van der Waals surface area (Å²) in [7, 11) is 0. The van der Waals surface area contributed by atoms with E-state index in [4.69, 9.17) is 5.73 Å². The first-order valence-electron chi connectivity index (χ1n) is 8.18. The molecule has 0 saturated heterocycles. The van der Waals surface area contributed by atoms with Gasteiger partial charge in [-0.1, -0.05) is 24.3 Å². The zero-order valence-electron chi connectivity index (χ0n) is 13.8. The van der Waals surface area contributed by atoms with Gasteiger partial charge in [0.05, 0.1) is 28.3 Å². The van der Waals surface area contributed by atoms with Crippen LogP contribution < -0.4 is 5.73 Å². The third kappa shape index (κ3) is 2.24. The molecule has 0 aliphatic heterocycles. The van der Waals surface area contributed by atoms with E-state index in [-0.39, 0.29) is 22.9 Å². The standard InChI is InChI=1S/C19H15N5O2/c20-9-15-12-5-1-2-6-13(12)17(19(10-21,11-22)18(15)23)14-7-3-4-8-16(14)24(25)26/h3-5,7-8,13,17H,1-2,6,23H2/t13-,17+/m0/s1. The molecule has 0 spiro atoms. The molecule has 3 rings (SSSR count). The Bertz CT molecular complexity index is 957. The molecule has 0 fully saturated rings. The van der Waals surface area contributed by atoms with E-state index in [2.05, 4.69) is 0 Å². The molecule has 0 radical (unpaired) electrons. The third-order valence-corrected chi connectivity index (χ3v) is 5.27. The Labute approximate surface area is 150 Å². The Morgan fingerprint density at radius 1 is 1.23 bits per heavy atom. The highest BCUT2D eigenvalue weighted by molar-refractivity contribution is 5.61. The number of rotatable bonds is 2. The number of allylic oxidation sites excluding steroid dienone is 4. The van der Waals surface area contributed by atoms with Gasteiger partial charge in [0.25, 0.3) is 5.69 Å². The molecule has 2 atom stereocenters. The highest BCUT2D eigenvalue weighted by Gasteiger charge is 2.55. The Balaban J connectivity index is 2.39. The van der Waals surface area contributed by atoms with E-state index in [1.54, 1.807) is 18.2 Å². The SMILES string of the molecule is N#CC1=C(N)C(C#N)(C#N)[C@@H](c2ccccc2[N+](=O)[O-])[C@H]2CCCC=C12. The molecule has 2 N–H and O–H groups in total. The quantitative estimate of drug-likeness (QED) is 0.644. The molecule has 0 saturated carbocycles. The lowest BCUT2D eigenvalue weighted by atomic mass is 9.56. The summed E-state index contributed by atoms with van der Waals surface area (Å²) in [5.41, 5.74) is 5.23. The minimum atomic E-state index is -1.82. The van der Waals surface area contributed by atoms with Gasteiger partial charge in [-0.05, 0) is 30.8 Å². The number of hydrogen-bond acceptors (Lipinski definition) is 6. The molecule has 7 heteroatoms. The Kier molecular flexibility index (Phi) is 4.20. The predicted octanol–water partition coefficient (Wildman–Crippen LogP) is 3.19. The normalized spacial score (nSPS) is 23.7. The summed E-state index contributed by atoms with van der Waals surface area (Å²) in [6.07, 6.45) is 4.11. The predicted molar refractivity (Wildman–Crippen MR) is 91.7 cm³/mol. The van der Waals surface area contributed by atoms with Gasteiger partial charge in [-0.15, -0.1) is 0 Å². The first-order chi connectivity index (χ1) is 12.5. The van der Waals surface area contributed by atoms with Crippen molar-refractivity contribution in [2.75, 3.05) is 0 Å². The number of nitrogens with zero attached hydrogens (tertiary/aromatic N) is 4. The second-order valence-corrected chi connectivity index (χ2v) is 6.42. The van der Waals surface area contributed by atoms with Gasteiger partial charge in [-0.3, -0.25) is 10.1 Å². The van der Waals surface area contributed by atoms with Crippen molar-refractivity contribution < 1.29 is 4.92 Å². The topological polar surface area (TPSA) is 141 Å². The van der Waals surface area contributed by atoms with Gasteiger partial charge < -0.3 is 5.73 Å². The fraction of sp³-hybridized carbons (Fsp3) is 0.316. The number of hydrogen-bond donors (Lipinski definition) is 1.